The molecule has 0 unspecified atom stereocenters. The lowest BCUT2D eigenvalue weighted by molar-refractivity contribution is -0.140. The third-order valence-electron chi connectivity index (χ3n) is 5.96. The van der Waals surface area contributed by atoms with Crippen molar-refractivity contribution >= 4 is 6.08 Å². The molecule has 1 saturated heterocycles. The summed E-state index contributed by atoms with van der Waals surface area (Å²) in [5.41, 5.74) is 0.446. The Labute approximate surface area is 154 Å². The number of pyridine rings is 1. The van der Waals surface area contributed by atoms with E-state index in [1.165, 1.54) is 12.1 Å². The average molecular weight is 375 g/mol. The minimum atomic E-state index is -4.53. The largest absolute Gasteiger partial charge is 0.434 e. The second-order valence-corrected chi connectivity index (χ2v) is 8.11. The summed E-state index contributed by atoms with van der Waals surface area (Å²) in [6.07, 6.45) is 4.93. The van der Waals surface area contributed by atoms with Crippen LogP contribution in [0, 0.1) is 11.3 Å². The molecule has 3 fully saturated rings. The van der Waals surface area contributed by atoms with Crippen molar-refractivity contribution in [1.29, 1.82) is 0 Å². The van der Waals surface area contributed by atoms with Gasteiger partial charge in [0.2, 0.25) is 0 Å². The van der Waals surface area contributed by atoms with E-state index < -0.39 is 11.9 Å². The normalized spacial score (nSPS) is 22.2. The summed E-state index contributed by atoms with van der Waals surface area (Å²) in [4.78, 5) is 3.56. The quantitative estimate of drug-likeness (QED) is 0.845. The lowest BCUT2D eigenvalue weighted by Crippen LogP contribution is -2.59. The molecule has 0 atom stereocenters. The van der Waals surface area contributed by atoms with Crippen LogP contribution < -0.4 is 5.32 Å². The Morgan fingerprint density at radius 1 is 1.22 bits per heavy atom. The van der Waals surface area contributed by atoms with Crippen LogP contribution in [0.5, 0.6) is 0 Å². The molecule has 5 rings (SSSR count). The maximum absolute atomic E-state index is 13.4. The third-order valence-corrected chi connectivity index (χ3v) is 5.96. The number of nitrogens with zero attached hydrogens (tertiary/aromatic N) is 2. The third kappa shape index (κ3) is 2.98. The SMILES string of the molecule is FC(F)(F)c1ncccc1-c1noc(C2CC2)c1C=CC1CC2(CNC2)C1. The Hall–Kier alpha value is -2.15. The number of allylic oxidation sites excluding steroid dienone is 1. The zero-order valence-corrected chi connectivity index (χ0v) is 14.7. The monoisotopic (exact) mass is 375 g/mol. The van der Waals surface area contributed by atoms with Gasteiger partial charge in [-0.3, -0.25) is 4.98 Å². The van der Waals surface area contributed by atoms with Crippen molar-refractivity contribution in [3.63, 3.8) is 0 Å². The molecule has 3 aliphatic rings. The molecule has 0 radical (unpaired) electrons. The predicted molar refractivity (Wildman–Crippen MR) is 93.8 cm³/mol. The first-order valence-corrected chi connectivity index (χ1v) is 9.36. The Morgan fingerprint density at radius 2 is 2.00 bits per heavy atom. The number of aromatic nitrogens is 2. The van der Waals surface area contributed by atoms with E-state index in [0.29, 0.717) is 22.7 Å². The summed E-state index contributed by atoms with van der Waals surface area (Å²) >= 11 is 0. The Morgan fingerprint density at radius 3 is 2.63 bits per heavy atom. The molecule has 0 aromatic carbocycles. The van der Waals surface area contributed by atoms with Gasteiger partial charge in [0.1, 0.15) is 11.5 Å². The van der Waals surface area contributed by atoms with Crippen LogP contribution in [0.25, 0.3) is 17.3 Å². The van der Waals surface area contributed by atoms with E-state index in [-0.39, 0.29) is 17.2 Å². The number of hydrogen-bond donors (Lipinski definition) is 1. The van der Waals surface area contributed by atoms with Gasteiger partial charge in [-0.05, 0) is 49.1 Å². The van der Waals surface area contributed by atoms with Crippen LogP contribution in [0.2, 0.25) is 0 Å². The predicted octanol–water partition coefficient (Wildman–Crippen LogP) is 4.65. The standard InChI is InChI=1S/C20H20F3N3O/c21-20(22,23)18-15(2-1-7-25-18)16-14(17(27-26-16)13-4-5-13)6-3-12-8-19(9-12)10-24-11-19/h1-3,6-7,12-13,24H,4-5,8-11H2. The van der Waals surface area contributed by atoms with Crippen LogP contribution in [-0.2, 0) is 6.18 Å². The summed E-state index contributed by atoms with van der Waals surface area (Å²) in [7, 11) is 0. The molecular formula is C20H20F3N3O. The van der Waals surface area contributed by atoms with E-state index >= 15 is 0 Å². The molecule has 0 bridgehead atoms. The molecule has 27 heavy (non-hydrogen) atoms. The number of nitrogens with one attached hydrogen (secondary N) is 1. The van der Waals surface area contributed by atoms with Crippen molar-refractivity contribution < 1.29 is 17.7 Å². The lowest BCUT2D eigenvalue weighted by Gasteiger charge is -2.53. The van der Waals surface area contributed by atoms with Gasteiger partial charge in [-0.2, -0.15) is 13.2 Å². The van der Waals surface area contributed by atoms with Gasteiger partial charge < -0.3 is 9.84 Å². The number of alkyl halides is 3. The molecule has 2 saturated carbocycles. The van der Waals surface area contributed by atoms with Crippen LogP contribution in [0.4, 0.5) is 13.2 Å². The van der Waals surface area contributed by atoms with Crippen LogP contribution in [0.3, 0.4) is 0 Å². The molecule has 2 aliphatic carbocycles. The summed E-state index contributed by atoms with van der Waals surface area (Å²) in [5.74, 6) is 1.44. The van der Waals surface area contributed by atoms with Gasteiger partial charge in [0, 0.05) is 36.3 Å². The fourth-order valence-corrected chi connectivity index (χ4v) is 4.32. The van der Waals surface area contributed by atoms with E-state index in [2.05, 4.69) is 21.5 Å². The van der Waals surface area contributed by atoms with Crippen molar-refractivity contribution in [2.75, 3.05) is 13.1 Å². The molecule has 1 N–H and O–H groups in total. The maximum atomic E-state index is 13.4. The van der Waals surface area contributed by atoms with Crippen molar-refractivity contribution in [2.45, 2.75) is 37.8 Å². The highest BCUT2D eigenvalue weighted by molar-refractivity contribution is 5.75. The molecule has 0 amide bonds. The van der Waals surface area contributed by atoms with E-state index in [1.807, 2.05) is 6.08 Å². The summed E-state index contributed by atoms with van der Waals surface area (Å²) in [6.45, 7) is 2.15. The van der Waals surface area contributed by atoms with E-state index in [4.69, 9.17) is 4.52 Å². The first kappa shape index (κ1) is 17.0. The van der Waals surface area contributed by atoms with E-state index in [0.717, 1.165) is 45.0 Å². The van der Waals surface area contributed by atoms with Gasteiger partial charge in [0.05, 0.1) is 0 Å². The van der Waals surface area contributed by atoms with Crippen molar-refractivity contribution in [3.05, 3.63) is 41.4 Å². The van der Waals surface area contributed by atoms with Crippen molar-refractivity contribution in [2.24, 2.45) is 11.3 Å². The molecule has 2 aromatic heterocycles. The van der Waals surface area contributed by atoms with Gasteiger partial charge >= 0.3 is 6.18 Å². The van der Waals surface area contributed by atoms with Crippen LogP contribution >= 0.6 is 0 Å². The number of hydrogen-bond acceptors (Lipinski definition) is 4. The molecule has 2 aromatic rings. The molecule has 4 nitrogen and oxygen atoms in total. The topological polar surface area (TPSA) is 51.0 Å². The second-order valence-electron chi connectivity index (χ2n) is 8.11. The highest BCUT2D eigenvalue weighted by Crippen LogP contribution is 2.50. The van der Waals surface area contributed by atoms with Crippen LogP contribution in [0.15, 0.2) is 28.9 Å². The molecule has 1 spiro atoms. The van der Waals surface area contributed by atoms with Gasteiger partial charge in [-0.15, -0.1) is 0 Å². The Balaban J connectivity index is 1.49. The smallest absolute Gasteiger partial charge is 0.360 e. The second kappa shape index (κ2) is 5.92. The van der Waals surface area contributed by atoms with Gasteiger partial charge in [0.25, 0.3) is 0 Å². The van der Waals surface area contributed by atoms with Gasteiger partial charge in [-0.25, -0.2) is 0 Å². The first-order chi connectivity index (χ1) is 13.0. The Bertz CT molecular complexity index is 886. The molecular weight excluding hydrogens is 355 g/mol. The maximum Gasteiger partial charge on any atom is 0.434 e. The van der Waals surface area contributed by atoms with Crippen molar-refractivity contribution in [3.8, 4) is 11.3 Å². The first-order valence-electron chi connectivity index (χ1n) is 9.36. The fraction of sp³-hybridized carbons (Fsp3) is 0.500. The van der Waals surface area contributed by atoms with Gasteiger partial charge in [-0.1, -0.05) is 17.3 Å². The minimum Gasteiger partial charge on any atom is -0.360 e. The molecule has 7 heteroatoms. The summed E-state index contributed by atoms with van der Waals surface area (Å²) in [5, 5.41) is 7.34. The van der Waals surface area contributed by atoms with Gasteiger partial charge in [0.15, 0.2) is 5.69 Å². The Kier molecular flexibility index (Phi) is 3.73. The summed E-state index contributed by atoms with van der Waals surface area (Å²) in [6, 6.07) is 2.92. The zero-order valence-electron chi connectivity index (χ0n) is 14.7. The zero-order chi connectivity index (χ0) is 18.6. The van der Waals surface area contributed by atoms with E-state index in [1.54, 1.807) is 0 Å². The van der Waals surface area contributed by atoms with Crippen LogP contribution in [-0.4, -0.2) is 23.2 Å². The number of rotatable bonds is 4. The number of halogens is 3. The minimum absolute atomic E-state index is 0.0198. The summed E-state index contributed by atoms with van der Waals surface area (Å²) < 4.78 is 45.7. The highest BCUT2D eigenvalue weighted by atomic mass is 19.4. The van der Waals surface area contributed by atoms with Crippen LogP contribution in [0.1, 0.15) is 48.6 Å². The molecule has 142 valence electrons. The highest BCUT2D eigenvalue weighted by Gasteiger charge is 2.47. The van der Waals surface area contributed by atoms with E-state index in [9.17, 15) is 13.2 Å². The molecule has 1 aliphatic heterocycles. The fourth-order valence-electron chi connectivity index (χ4n) is 4.32. The lowest BCUT2D eigenvalue weighted by atomic mass is 9.58. The van der Waals surface area contributed by atoms with Crippen molar-refractivity contribution in [1.82, 2.24) is 15.5 Å². The average Bonchev–Trinajstić information content (AvgIpc) is 3.31. The molecule has 3 heterocycles.